The summed E-state index contributed by atoms with van der Waals surface area (Å²) >= 11 is 0. The van der Waals surface area contributed by atoms with Crippen molar-refractivity contribution in [2.75, 3.05) is 6.61 Å². The lowest BCUT2D eigenvalue weighted by Crippen LogP contribution is -2.35. The monoisotopic (exact) mass is 180 g/mol. The summed E-state index contributed by atoms with van der Waals surface area (Å²) in [5.74, 6) is -1.47. The molecule has 12 heavy (non-hydrogen) atoms. The number of hydrogen-bond donors (Lipinski definition) is 5. The maximum atomic E-state index is 10.0. The van der Waals surface area contributed by atoms with Crippen molar-refractivity contribution >= 4 is 5.97 Å². The summed E-state index contributed by atoms with van der Waals surface area (Å²) in [6.45, 7) is -0.673. The smallest absolute Gasteiger partial charge is 0.332 e. The summed E-state index contributed by atoms with van der Waals surface area (Å²) in [4.78, 5) is 10.0. The van der Waals surface area contributed by atoms with Crippen LogP contribution in [-0.4, -0.2) is 56.4 Å². The van der Waals surface area contributed by atoms with E-state index in [0.717, 1.165) is 0 Å². The zero-order chi connectivity index (χ0) is 9.72. The van der Waals surface area contributed by atoms with E-state index in [9.17, 15) is 4.79 Å². The van der Waals surface area contributed by atoms with Gasteiger partial charge in [-0.15, -0.1) is 0 Å². The van der Waals surface area contributed by atoms with E-state index in [1.807, 2.05) is 0 Å². The van der Waals surface area contributed by atoms with Gasteiger partial charge in [-0.3, -0.25) is 0 Å². The molecule has 0 aliphatic heterocycles. The molecule has 6 heteroatoms. The highest BCUT2D eigenvalue weighted by atomic mass is 16.4. The second kappa shape index (κ2) is 5.04. The van der Waals surface area contributed by atoms with Gasteiger partial charge in [0.25, 0.3) is 0 Å². The Bertz CT molecular complexity index is 147. The summed E-state index contributed by atoms with van der Waals surface area (Å²) in [5, 5.41) is 42.8. The van der Waals surface area contributed by atoms with E-state index >= 15 is 0 Å². The van der Waals surface area contributed by atoms with Gasteiger partial charge in [-0.25, -0.2) is 4.79 Å². The molecule has 2 unspecified atom stereocenters. The van der Waals surface area contributed by atoms with Crippen molar-refractivity contribution in [1.82, 2.24) is 0 Å². The first-order chi connectivity index (χ1) is 5.49. The van der Waals surface area contributed by atoms with E-state index in [2.05, 4.69) is 0 Å². The molecule has 0 saturated heterocycles. The summed E-state index contributed by atoms with van der Waals surface area (Å²) in [6, 6.07) is 0. The topological polar surface area (TPSA) is 118 Å². The van der Waals surface area contributed by atoms with Crippen LogP contribution in [0.3, 0.4) is 0 Å². The van der Waals surface area contributed by atoms with Crippen LogP contribution >= 0.6 is 0 Å². The molecular weight excluding hydrogens is 168 g/mol. The van der Waals surface area contributed by atoms with Crippen LogP contribution in [0, 0.1) is 0 Å². The van der Waals surface area contributed by atoms with Crippen LogP contribution in [0.1, 0.15) is 6.42 Å². The fourth-order valence-electron chi connectivity index (χ4n) is 0.608. The van der Waals surface area contributed by atoms with Gasteiger partial charge >= 0.3 is 5.97 Å². The molecule has 0 heterocycles. The number of aliphatic hydroxyl groups is 4. The zero-order valence-corrected chi connectivity index (χ0v) is 6.29. The molecule has 0 aromatic rings. The van der Waals surface area contributed by atoms with Crippen molar-refractivity contribution in [3.8, 4) is 0 Å². The third kappa shape index (κ3) is 3.63. The lowest BCUT2D eigenvalue weighted by atomic mass is 10.1. The maximum absolute atomic E-state index is 10.0. The Kier molecular flexibility index (Phi) is 4.75. The van der Waals surface area contributed by atoms with E-state index < -0.39 is 37.3 Å². The average Bonchev–Trinajstić information content (AvgIpc) is 2.02. The van der Waals surface area contributed by atoms with Crippen LogP contribution in [0.4, 0.5) is 0 Å². The van der Waals surface area contributed by atoms with Gasteiger partial charge < -0.3 is 25.5 Å². The Hall–Kier alpha value is -0.690. The van der Waals surface area contributed by atoms with Crippen LogP contribution in [0.2, 0.25) is 0 Å². The van der Waals surface area contributed by atoms with Gasteiger partial charge in [0.05, 0.1) is 12.7 Å². The minimum Gasteiger partial charge on any atom is -0.479 e. The van der Waals surface area contributed by atoms with Crippen LogP contribution < -0.4 is 0 Å². The molecule has 3 atom stereocenters. The third-order valence-corrected chi connectivity index (χ3v) is 1.38. The molecule has 6 nitrogen and oxygen atoms in total. The molecular formula is C6H12O6. The van der Waals surface area contributed by atoms with Gasteiger partial charge in [0.2, 0.25) is 0 Å². The Morgan fingerprint density at radius 3 is 2.00 bits per heavy atom. The minimum atomic E-state index is -1.72. The van der Waals surface area contributed by atoms with Crippen molar-refractivity contribution in [2.24, 2.45) is 0 Å². The average molecular weight is 180 g/mol. The van der Waals surface area contributed by atoms with E-state index in [1.165, 1.54) is 0 Å². The van der Waals surface area contributed by atoms with Crippen molar-refractivity contribution < 1.29 is 30.3 Å². The normalized spacial score (nSPS) is 18.3. The standard InChI is InChI=1S/C6H12O6/c7-2-5(10)3(8)1-4(9)6(11)12/h3-5,7-10H,1-2H2,(H,11,12)/t3-,4?,5?/m0/s1. The van der Waals surface area contributed by atoms with Crippen LogP contribution in [-0.2, 0) is 4.79 Å². The van der Waals surface area contributed by atoms with Gasteiger partial charge in [0, 0.05) is 6.42 Å². The molecule has 0 aliphatic rings. The quantitative estimate of drug-likeness (QED) is 0.320. The first kappa shape index (κ1) is 11.3. The summed E-state index contributed by atoms with van der Waals surface area (Å²) in [6.07, 6.45) is -5.07. The molecule has 0 amide bonds. The van der Waals surface area contributed by atoms with E-state index in [1.54, 1.807) is 0 Å². The number of carbonyl (C=O) groups is 1. The maximum Gasteiger partial charge on any atom is 0.332 e. The van der Waals surface area contributed by atoms with Gasteiger partial charge in [-0.2, -0.15) is 0 Å². The fourth-order valence-corrected chi connectivity index (χ4v) is 0.608. The highest BCUT2D eigenvalue weighted by Gasteiger charge is 2.23. The van der Waals surface area contributed by atoms with E-state index in [0.29, 0.717) is 0 Å². The van der Waals surface area contributed by atoms with Crippen molar-refractivity contribution in [3.05, 3.63) is 0 Å². The number of carboxylic acids is 1. The fraction of sp³-hybridized carbons (Fsp3) is 0.833. The Balaban J connectivity index is 3.83. The number of hydrogen-bond acceptors (Lipinski definition) is 5. The Morgan fingerprint density at radius 2 is 1.67 bits per heavy atom. The molecule has 0 fully saturated rings. The Labute approximate surface area is 68.7 Å². The minimum absolute atomic E-state index is 0.503. The van der Waals surface area contributed by atoms with Crippen LogP contribution in [0.15, 0.2) is 0 Å². The molecule has 0 aliphatic carbocycles. The van der Waals surface area contributed by atoms with Gasteiger partial charge in [-0.1, -0.05) is 0 Å². The zero-order valence-electron chi connectivity index (χ0n) is 6.29. The predicted molar refractivity (Wildman–Crippen MR) is 37.4 cm³/mol. The van der Waals surface area contributed by atoms with Gasteiger partial charge in [0.1, 0.15) is 6.10 Å². The van der Waals surface area contributed by atoms with Crippen molar-refractivity contribution in [1.29, 1.82) is 0 Å². The van der Waals surface area contributed by atoms with Gasteiger partial charge in [0.15, 0.2) is 6.10 Å². The van der Waals surface area contributed by atoms with Crippen LogP contribution in [0.5, 0.6) is 0 Å². The molecule has 0 bridgehead atoms. The molecule has 0 aromatic carbocycles. The summed E-state index contributed by atoms with van der Waals surface area (Å²) < 4.78 is 0. The van der Waals surface area contributed by atoms with Crippen molar-refractivity contribution in [3.63, 3.8) is 0 Å². The third-order valence-electron chi connectivity index (χ3n) is 1.38. The largest absolute Gasteiger partial charge is 0.479 e. The predicted octanol–water partition coefficient (Wildman–Crippen LogP) is -2.46. The molecule has 5 N–H and O–H groups in total. The second-order valence-corrected chi connectivity index (χ2v) is 2.41. The van der Waals surface area contributed by atoms with Crippen molar-refractivity contribution in [2.45, 2.75) is 24.7 Å². The van der Waals surface area contributed by atoms with E-state index in [4.69, 9.17) is 25.5 Å². The second-order valence-electron chi connectivity index (χ2n) is 2.41. The first-order valence-corrected chi connectivity index (χ1v) is 3.37. The molecule has 0 saturated carbocycles. The van der Waals surface area contributed by atoms with E-state index in [-0.39, 0.29) is 0 Å². The lowest BCUT2D eigenvalue weighted by Gasteiger charge is -2.16. The number of aliphatic hydroxyl groups excluding tert-OH is 4. The highest BCUT2D eigenvalue weighted by Crippen LogP contribution is 2.02. The first-order valence-electron chi connectivity index (χ1n) is 3.37. The molecule has 0 spiro atoms. The highest BCUT2D eigenvalue weighted by molar-refractivity contribution is 5.71. The molecule has 72 valence electrons. The molecule has 0 radical (unpaired) electrons. The van der Waals surface area contributed by atoms with Crippen LogP contribution in [0.25, 0.3) is 0 Å². The lowest BCUT2D eigenvalue weighted by molar-refractivity contribution is -0.149. The number of rotatable bonds is 5. The SMILES string of the molecule is O=C(O)C(O)C[C@H](O)C(O)CO. The molecule has 0 rings (SSSR count). The number of aliphatic carboxylic acids is 1. The Morgan fingerprint density at radius 1 is 1.17 bits per heavy atom. The summed E-state index contributed by atoms with van der Waals surface area (Å²) in [7, 11) is 0. The summed E-state index contributed by atoms with van der Waals surface area (Å²) in [5.41, 5.74) is 0. The number of carboxylic acid groups (broad SMARTS) is 1. The molecule has 0 aromatic heterocycles. The van der Waals surface area contributed by atoms with Gasteiger partial charge in [-0.05, 0) is 0 Å².